The number of ether oxygens (including phenoxy) is 2. The first-order valence-corrected chi connectivity index (χ1v) is 13.6. The van der Waals surface area contributed by atoms with Crippen LogP contribution in [0.4, 0.5) is 10.5 Å². The molecule has 0 aromatic heterocycles. The molecular weight excluding hydrogens is 458 g/mol. The normalized spacial score (nSPS) is 23.1. The Morgan fingerprint density at radius 2 is 1.79 bits per heavy atom. The van der Waals surface area contributed by atoms with Gasteiger partial charge in [-0.25, -0.2) is 13.2 Å². The van der Waals surface area contributed by atoms with Crippen molar-refractivity contribution in [3.8, 4) is 5.75 Å². The monoisotopic (exact) mass is 493 g/mol. The molecule has 2 saturated heterocycles. The number of likely N-dealkylation sites (tertiary alicyclic amines) is 1. The standard InChI is InChI=1S/C24H35N3O6S/c1-5-32-20-8-6-17(7-9-20)26-15-19-14-18(26)16-27(19)21(28)24(10-11-24)34(30,31)13-12-25-22(29)33-23(2,3)4/h6-9,18-19H,5,10-16H2,1-4H3,(H,25,29)/t18-,19-/m0/s1. The van der Waals surface area contributed by atoms with E-state index < -0.39 is 26.3 Å². The average molecular weight is 494 g/mol. The second-order valence-electron chi connectivity index (χ2n) is 10.3. The molecule has 1 N–H and O–H groups in total. The summed E-state index contributed by atoms with van der Waals surface area (Å²) in [5.74, 6) is 0.274. The summed E-state index contributed by atoms with van der Waals surface area (Å²) >= 11 is 0. The van der Waals surface area contributed by atoms with Crippen LogP contribution in [0.1, 0.15) is 47.0 Å². The van der Waals surface area contributed by atoms with Gasteiger partial charge in [0.25, 0.3) is 0 Å². The number of fused-ring (bicyclic) bond motifs is 2. The number of alkyl carbamates (subject to hydrolysis) is 1. The Morgan fingerprint density at radius 1 is 1.12 bits per heavy atom. The molecule has 0 spiro atoms. The number of amides is 2. The molecule has 2 bridgehead atoms. The first-order chi connectivity index (χ1) is 16.0. The SMILES string of the molecule is CCOc1ccc(N2C[C@@H]3C[C@H]2CN3C(=O)C2(S(=O)(=O)CCNC(=O)OC(C)(C)C)CC2)cc1. The second-order valence-corrected chi connectivity index (χ2v) is 12.7. The maximum Gasteiger partial charge on any atom is 0.407 e. The average Bonchev–Trinajstić information content (AvgIpc) is 3.34. The van der Waals surface area contributed by atoms with E-state index in [9.17, 15) is 18.0 Å². The molecule has 1 aliphatic carbocycles. The van der Waals surface area contributed by atoms with Gasteiger partial charge in [0.2, 0.25) is 5.91 Å². The van der Waals surface area contributed by atoms with E-state index in [1.165, 1.54) is 0 Å². The first kappa shape index (κ1) is 24.6. The van der Waals surface area contributed by atoms with Gasteiger partial charge in [0.15, 0.2) is 14.6 Å². The predicted octanol–water partition coefficient (Wildman–Crippen LogP) is 2.35. The third-order valence-corrected chi connectivity index (χ3v) is 9.22. The molecule has 1 saturated carbocycles. The summed E-state index contributed by atoms with van der Waals surface area (Å²) in [5, 5.41) is 2.49. The molecule has 2 heterocycles. The molecule has 3 aliphatic rings. The third-order valence-electron chi connectivity index (χ3n) is 6.71. The lowest BCUT2D eigenvalue weighted by Crippen LogP contribution is -2.54. The quantitative estimate of drug-likeness (QED) is 0.593. The van der Waals surface area contributed by atoms with Gasteiger partial charge in [-0.15, -0.1) is 0 Å². The van der Waals surface area contributed by atoms with Gasteiger partial charge in [0.1, 0.15) is 11.4 Å². The summed E-state index contributed by atoms with van der Waals surface area (Å²) in [6.07, 6.45) is 0.869. The molecule has 0 radical (unpaired) electrons. The van der Waals surface area contributed by atoms with Crippen LogP contribution in [0.15, 0.2) is 24.3 Å². The van der Waals surface area contributed by atoms with Gasteiger partial charge in [0, 0.05) is 31.4 Å². The van der Waals surface area contributed by atoms with Gasteiger partial charge in [0.05, 0.1) is 18.4 Å². The summed E-state index contributed by atoms with van der Waals surface area (Å²) in [7, 11) is -3.71. The van der Waals surface area contributed by atoms with Crippen molar-refractivity contribution < 1.29 is 27.5 Å². The number of piperazine rings is 1. The van der Waals surface area contributed by atoms with Crippen LogP contribution >= 0.6 is 0 Å². The van der Waals surface area contributed by atoms with Crippen molar-refractivity contribution in [3.63, 3.8) is 0 Å². The largest absolute Gasteiger partial charge is 0.494 e. The lowest BCUT2D eigenvalue weighted by atomic mass is 10.2. The molecule has 1 aromatic rings. The van der Waals surface area contributed by atoms with Crippen LogP contribution in [0.25, 0.3) is 0 Å². The van der Waals surface area contributed by atoms with E-state index in [0.717, 1.165) is 17.9 Å². The smallest absolute Gasteiger partial charge is 0.407 e. The van der Waals surface area contributed by atoms with Crippen molar-refractivity contribution in [2.24, 2.45) is 0 Å². The fraction of sp³-hybridized carbons (Fsp3) is 0.667. The van der Waals surface area contributed by atoms with Gasteiger partial charge < -0.3 is 24.6 Å². The Morgan fingerprint density at radius 3 is 2.32 bits per heavy atom. The fourth-order valence-electron chi connectivity index (χ4n) is 4.96. The van der Waals surface area contributed by atoms with Crippen molar-refractivity contribution >= 4 is 27.5 Å². The van der Waals surface area contributed by atoms with Crippen molar-refractivity contribution in [1.29, 1.82) is 0 Å². The molecule has 34 heavy (non-hydrogen) atoms. The van der Waals surface area contributed by atoms with Crippen molar-refractivity contribution in [2.75, 3.05) is 36.9 Å². The minimum Gasteiger partial charge on any atom is -0.494 e. The van der Waals surface area contributed by atoms with Crippen LogP contribution < -0.4 is 15.0 Å². The van der Waals surface area contributed by atoms with Gasteiger partial charge in [-0.1, -0.05) is 0 Å². The maximum absolute atomic E-state index is 13.4. The molecule has 4 rings (SSSR count). The number of nitrogens with zero attached hydrogens (tertiary/aromatic N) is 2. The third kappa shape index (κ3) is 4.82. The highest BCUT2D eigenvalue weighted by Gasteiger charge is 2.63. The van der Waals surface area contributed by atoms with E-state index in [1.807, 2.05) is 31.2 Å². The zero-order chi connectivity index (χ0) is 24.7. The minimum atomic E-state index is -3.71. The number of nitrogens with one attached hydrogen (secondary N) is 1. The van der Waals surface area contributed by atoms with Crippen molar-refractivity contribution in [2.45, 2.75) is 69.4 Å². The van der Waals surface area contributed by atoms with E-state index in [2.05, 4.69) is 10.2 Å². The first-order valence-electron chi connectivity index (χ1n) is 12.0. The van der Waals surface area contributed by atoms with Gasteiger partial charge in [-0.05, 0) is 71.2 Å². The van der Waals surface area contributed by atoms with Crippen LogP contribution in [0.3, 0.4) is 0 Å². The molecule has 1 aromatic carbocycles. The Balaban J connectivity index is 1.34. The number of hydrogen-bond donors (Lipinski definition) is 1. The highest BCUT2D eigenvalue weighted by molar-refractivity contribution is 7.93. The van der Waals surface area contributed by atoms with E-state index in [-0.39, 0.29) is 30.3 Å². The molecule has 2 atom stereocenters. The van der Waals surface area contributed by atoms with E-state index in [1.54, 1.807) is 25.7 Å². The summed E-state index contributed by atoms with van der Waals surface area (Å²) in [5.41, 5.74) is 0.426. The molecule has 0 unspecified atom stereocenters. The highest BCUT2D eigenvalue weighted by Crippen LogP contribution is 2.48. The number of hydrogen-bond acceptors (Lipinski definition) is 7. The zero-order valence-corrected chi connectivity index (χ0v) is 21.2. The Kier molecular flexibility index (Phi) is 6.48. The van der Waals surface area contributed by atoms with Crippen LogP contribution in [0.2, 0.25) is 0 Å². The van der Waals surface area contributed by atoms with Gasteiger partial charge >= 0.3 is 6.09 Å². The maximum atomic E-state index is 13.4. The molecule has 188 valence electrons. The molecular formula is C24H35N3O6S. The number of rotatable bonds is 8. The molecule has 3 fully saturated rings. The number of anilines is 1. The van der Waals surface area contributed by atoms with Gasteiger partial charge in [-0.2, -0.15) is 0 Å². The van der Waals surface area contributed by atoms with Crippen molar-refractivity contribution in [1.82, 2.24) is 10.2 Å². The van der Waals surface area contributed by atoms with Crippen molar-refractivity contribution in [3.05, 3.63) is 24.3 Å². The molecule has 2 aliphatic heterocycles. The summed E-state index contributed by atoms with van der Waals surface area (Å²) in [6.45, 7) is 8.93. The molecule has 9 nitrogen and oxygen atoms in total. The van der Waals surface area contributed by atoms with Crippen LogP contribution in [0, 0.1) is 0 Å². The molecule has 10 heteroatoms. The number of benzene rings is 1. The molecule has 2 amide bonds. The van der Waals surface area contributed by atoms with Crippen LogP contribution in [-0.2, 0) is 19.4 Å². The second kappa shape index (κ2) is 8.94. The van der Waals surface area contributed by atoms with E-state index in [0.29, 0.717) is 32.5 Å². The van der Waals surface area contributed by atoms with E-state index in [4.69, 9.17) is 9.47 Å². The summed E-state index contributed by atoms with van der Waals surface area (Å²) in [6, 6.07) is 8.15. The number of carbonyl (C=O) groups is 2. The number of sulfone groups is 1. The summed E-state index contributed by atoms with van der Waals surface area (Å²) < 4.78 is 35.5. The van der Waals surface area contributed by atoms with Crippen LogP contribution in [-0.4, -0.2) is 79.7 Å². The fourth-order valence-corrected chi connectivity index (χ4v) is 6.83. The lowest BCUT2D eigenvalue weighted by Gasteiger charge is -2.37. The zero-order valence-electron chi connectivity index (χ0n) is 20.4. The van der Waals surface area contributed by atoms with Gasteiger partial charge in [-0.3, -0.25) is 4.79 Å². The Labute approximate surface area is 201 Å². The lowest BCUT2D eigenvalue weighted by molar-refractivity contribution is -0.132. The topological polar surface area (TPSA) is 105 Å². The highest BCUT2D eigenvalue weighted by atomic mass is 32.2. The number of carbonyl (C=O) groups excluding carboxylic acids is 2. The Bertz CT molecular complexity index is 1030. The van der Waals surface area contributed by atoms with Crippen LogP contribution in [0.5, 0.6) is 5.75 Å². The van der Waals surface area contributed by atoms with E-state index >= 15 is 0 Å². The minimum absolute atomic E-state index is 0.0108. The Hall–Kier alpha value is -2.49. The predicted molar refractivity (Wildman–Crippen MR) is 129 cm³/mol. The summed E-state index contributed by atoms with van der Waals surface area (Å²) in [4.78, 5) is 29.3.